The lowest BCUT2D eigenvalue weighted by atomic mass is 10.1. The van der Waals surface area contributed by atoms with Gasteiger partial charge in [0.15, 0.2) is 0 Å². The largest absolute Gasteiger partial charge is 0.392 e. The lowest BCUT2D eigenvalue weighted by Gasteiger charge is -2.26. The van der Waals surface area contributed by atoms with Crippen molar-refractivity contribution in [3.05, 3.63) is 58.6 Å². The smallest absolute Gasteiger partial charge is 0.0702 e. The molecule has 0 aliphatic heterocycles. The van der Waals surface area contributed by atoms with E-state index < -0.39 is 0 Å². The molecule has 0 atom stereocenters. The van der Waals surface area contributed by atoms with Crippen molar-refractivity contribution in [1.29, 1.82) is 0 Å². The Morgan fingerprint density at radius 2 is 1.79 bits per heavy atom. The van der Waals surface area contributed by atoms with Crippen LogP contribution in [-0.4, -0.2) is 11.7 Å². The van der Waals surface area contributed by atoms with Crippen LogP contribution in [0.15, 0.2) is 42.5 Å². The van der Waals surface area contributed by atoms with Crippen LogP contribution >= 0.6 is 11.6 Å². The third-order valence-corrected chi connectivity index (χ3v) is 3.41. The predicted molar refractivity (Wildman–Crippen MR) is 81.2 cm³/mol. The average Bonchev–Trinajstić information content (AvgIpc) is 2.42. The summed E-state index contributed by atoms with van der Waals surface area (Å²) < 4.78 is 0. The Hall–Kier alpha value is -1.51. The molecule has 3 heteroatoms. The van der Waals surface area contributed by atoms with E-state index in [-0.39, 0.29) is 6.61 Å². The molecule has 2 nitrogen and oxygen atoms in total. The lowest BCUT2D eigenvalue weighted by molar-refractivity contribution is 0.282. The number of benzene rings is 2. The SMILES string of the molecule is CCN(c1ccc(C)cc1)c1cc(Cl)ccc1CO. The Morgan fingerprint density at radius 1 is 1.11 bits per heavy atom. The summed E-state index contributed by atoms with van der Waals surface area (Å²) in [6, 6.07) is 13.9. The van der Waals surface area contributed by atoms with E-state index in [0.717, 1.165) is 23.5 Å². The number of hydrogen-bond acceptors (Lipinski definition) is 2. The first kappa shape index (κ1) is 13.9. The van der Waals surface area contributed by atoms with Gasteiger partial charge in [0, 0.05) is 28.5 Å². The summed E-state index contributed by atoms with van der Waals surface area (Å²) in [7, 11) is 0. The number of aliphatic hydroxyl groups is 1. The van der Waals surface area contributed by atoms with Crippen LogP contribution in [-0.2, 0) is 6.61 Å². The Bertz CT molecular complexity index is 551. The summed E-state index contributed by atoms with van der Waals surface area (Å²) in [5, 5.41) is 10.2. The highest BCUT2D eigenvalue weighted by atomic mass is 35.5. The molecular formula is C16H18ClNO. The molecule has 0 saturated heterocycles. The number of rotatable bonds is 4. The van der Waals surface area contributed by atoms with E-state index >= 15 is 0 Å². The van der Waals surface area contributed by atoms with Crippen LogP contribution < -0.4 is 4.90 Å². The number of halogens is 1. The van der Waals surface area contributed by atoms with Gasteiger partial charge in [-0.2, -0.15) is 0 Å². The zero-order valence-corrected chi connectivity index (χ0v) is 12.0. The number of aryl methyl sites for hydroxylation is 1. The van der Waals surface area contributed by atoms with E-state index in [9.17, 15) is 5.11 Å². The third kappa shape index (κ3) is 3.09. The van der Waals surface area contributed by atoms with Gasteiger partial charge in [0.1, 0.15) is 0 Å². The summed E-state index contributed by atoms with van der Waals surface area (Å²) in [6.45, 7) is 4.98. The molecule has 0 aliphatic rings. The van der Waals surface area contributed by atoms with Crippen molar-refractivity contribution < 1.29 is 5.11 Å². The molecule has 2 rings (SSSR count). The van der Waals surface area contributed by atoms with Gasteiger partial charge in [-0.3, -0.25) is 0 Å². The summed E-state index contributed by atoms with van der Waals surface area (Å²) in [4.78, 5) is 2.15. The van der Waals surface area contributed by atoms with Crippen molar-refractivity contribution in [3.63, 3.8) is 0 Å². The van der Waals surface area contributed by atoms with Gasteiger partial charge in [0.05, 0.1) is 6.61 Å². The minimum absolute atomic E-state index is 0.00879. The summed E-state index contributed by atoms with van der Waals surface area (Å²) >= 11 is 6.08. The van der Waals surface area contributed by atoms with Crippen molar-refractivity contribution in [2.75, 3.05) is 11.4 Å². The highest BCUT2D eigenvalue weighted by Gasteiger charge is 2.12. The van der Waals surface area contributed by atoms with E-state index in [1.807, 2.05) is 12.1 Å². The maximum Gasteiger partial charge on any atom is 0.0702 e. The molecule has 1 N–H and O–H groups in total. The quantitative estimate of drug-likeness (QED) is 0.899. The van der Waals surface area contributed by atoms with Gasteiger partial charge >= 0.3 is 0 Å². The molecule has 0 aliphatic carbocycles. The molecule has 0 saturated carbocycles. The molecule has 2 aromatic rings. The van der Waals surface area contributed by atoms with Gasteiger partial charge < -0.3 is 10.0 Å². The van der Waals surface area contributed by atoms with Gasteiger partial charge in [-0.25, -0.2) is 0 Å². The second-order valence-corrected chi connectivity index (χ2v) is 4.95. The predicted octanol–water partition coefficient (Wildman–Crippen LogP) is 4.30. The summed E-state index contributed by atoms with van der Waals surface area (Å²) in [6.07, 6.45) is 0. The van der Waals surface area contributed by atoms with Crippen LogP contribution in [0.3, 0.4) is 0 Å². The standard InChI is InChI=1S/C16H18ClNO/c1-3-18(15-8-4-12(2)5-9-15)16-10-14(17)7-6-13(16)11-19/h4-10,19H,3,11H2,1-2H3. The molecule has 0 spiro atoms. The van der Waals surface area contributed by atoms with Crippen molar-refractivity contribution >= 4 is 23.0 Å². The van der Waals surface area contributed by atoms with Crippen LogP contribution in [0.1, 0.15) is 18.1 Å². The van der Waals surface area contributed by atoms with Gasteiger partial charge in [-0.15, -0.1) is 0 Å². The molecule has 0 fully saturated rings. The number of anilines is 2. The van der Waals surface area contributed by atoms with Crippen molar-refractivity contribution in [2.24, 2.45) is 0 Å². The second-order valence-electron chi connectivity index (χ2n) is 4.51. The van der Waals surface area contributed by atoms with Crippen LogP contribution in [0.25, 0.3) is 0 Å². The van der Waals surface area contributed by atoms with E-state index in [1.54, 1.807) is 6.07 Å². The van der Waals surface area contributed by atoms with Crippen molar-refractivity contribution in [3.8, 4) is 0 Å². The molecule has 0 heterocycles. The third-order valence-electron chi connectivity index (χ3n) is 3.17. The van der Waals surface area contributed by atoms with Crippen LogP contribution in [0.2, 0.25) is 5.02 Å². The summed E-state index contributed by atoms with van der Waals surface area (Å²) in [5.41, 5.74) is 4.17. The van der Waals surface area contributed by atoms with E-state index in [0.29, 0.717) is 5.02 Å². The van der Waals surface area contributed by atoms with Gasteiger partial charge in [0.2, 0.25) is 0 Å². The Labute approximate surface area is 119 Å². The maximum atomic E-state index is 9.48. The number of hydrogen-bond donors (Lipinski definition) is 1. The molecule has 19 heavy (non-hydrogen) atoms. The Balaban J connectivity index is 2.47. The molecular weight excluding hydrogens is 258 g/mol. The van der Waals surface area contributed by atoms with Gasteiger partial charge in [-0.1, -0.05) is 35.4 Å². The second kappa shape index (κ2) is 6.09. The number of nitrogens with zero attached hydrogens (tertiary/aromatic N) is 1. The van der Waals surface area contributed by atoms with Crippen LogP contribution in [0, 0.1) is 6.92 Å². The first-order chi connectivity index (χ1) is 9.15. The molecule has 0 aromatic heterocycles. The van der Waals surface area contributed by atoms with Crippen LogP contribution in [0.5, 0.6) is 0 Å². The van der Waals surface area contributed by atoms with E-state index in [4.69, 9.17) is 11.6 Å². The van der Waals surface area contributed by atoms with Gasteiger partial charge in [0.25, 0.3) is 0 Å². The topological polar surface area (TPSA) is 23.5 Å². The monoisotopic (exact) mass is 275 g/mol. The zero-order chi connectivity index (χ0) is 13.8. The fraction of sp³-hybridized carbons (Fsp3) is 0.250. The van der Waals surface area contributed by atoms with E-state index in [1.165, 1.54) is 5.56 Å². The molecule has 2 aromatic carbocycles. The highest BCUT2D eigenvalue weighted by Crippen LogP contribution is 2.31. The molecule has 0 amide bonds. The van der Waals surface area contributed by atoms with Crippen LogP contribution in [0.4, 0.5) is 11.4 Å². The number of aliphatic hydroxyl groups excluding tert-OH is 1. The lowest BCUT2D eigenvalue weighted by Crippen LogP contribution is -2.17. The maximum absolute atomic E-state index is 9.48. The minimum atomic E-state index is 0.00879. The van der Waals surface area contributed by atoms with E-state index in [2.05, 4.69) is 43.0 Å². The average molecular weight is 276 g/mol. The first-order valence-electron chi connectivity index (χ1n) is 6.39. The van der Waals surface area contributed by atoms with Crippen molar-refractivity contribution in [1.82, 2.24) is 0 Å². The fourth-order valence-electron chi connectivity index (χ4n) is 2.14. The van der Waals surface area contributed by atoms with Crippen molar-refractivity contribution in [2.45, 2.75) is 20.5 Å². The molecule has 0 bridgehead atoms. The highest BCUT2D eigenvalue weighted by molar-refractivity contribution is 6.30. The molecule has 100 valence electrons. The molecule has 0 unspecified atom stereocenters. The van der Waals surface area contributed by atoms with Gasteiger partial charge in [-0.05, 0) is 38.1 Å². The fourth-order valence-corrected chi connectivity index (χ4v) is 2.31. The first-order valence-corrected chi connectivity index (χ1v) is 6.77. The Kier molecular flexibility index (Phi) is 4.46. The minimum Gasteiger partial charge on any atom is -0.392 e. The summed E-state index contributed by atoms with van der Waals surface area (Å²) in [5.74, 6) is 0. The zero-order valence-electron chi connectivity index (χ0n) is 11.2. The molecule has 0 radical (unpaired) electrons. The normalized spacial score (nSPS) is 10.5. The Morgan fingerprint density at radius 3 is 2.37 bits per heavy atom.